The summed E-state index contributed by atoms with van der Waals surface area (Å²) in [6.45, 7) is 6.35. The molecule has 0 fully saturated rings. The Morgan fingerprint density at radius 1 is 0.781 bits per heavy atom. The van der Waals surface area contributed by atoms with E-state index in [1.807, 2.05) is 54.6 Å². The van der Waals surface area contributed by atoms with Crippen molar-refractivity contribution in [3.05, 3.63) is 90.0 Å². The minimum absolute atomic E-state index is 0.0673. The van der Waals surface area contributed by atoms with Crippen LogP contribution in [0.4, 0.5) is 11.4 Å². The average molecular weight is 431 g/mol. The molecule has 0 aliphatic carbocycles. The van der Waals surface area contributed by atoms with Gasteiger partial charge in [-0.15, -0.1) is 0 Å². The predicted molar refractivity (Wildman–Crippen MR) is 129 cm³/mol. The molecule has 2 N–H and O–H groups in total. The van der Waals surface area contributed by atoms with Crippen molar-refractivity contribution in [2.45, 2.75) is 39.0 Å². The number of ether oxygens (including phenoxy) is 1. The third kappa shape index (κ3) is 7.27. The molecule has 3 aromatic rings. The molecule has 0 aliphatic heterocycles. The molecule has 5 nitrogen and oxygen atoms in total. The first kappa shape index (κ1) is 23.1. The van der Waals surface area contributed by atoms with Crippen molar-refractivity contribution < 1.29 is 14.3 Å². The van der Waals surface area contributed by atoms with E-state index in [2.05, 4.69) is 31.4 Å². The number of carbonyl (C=O) groups is 2. The lowest BCUT2D eigenvalue weighted by atomic mass is 9.87. The largest absolute Gasteiger partial charge is 0.484 e. The molecule has 3 rings (SSSR count). The molecule has 0 aromatic heterocycles. The van der Waals surface area contributed by atoms with Crippen molar-refractivity contribution in [1.82, 2.24) is 0 Å². The van der Waals surface area contributed by atoms with Gasteiger partial charge in [0.05, 0.1) is 0 Å². The highest BCUT2D eigenvalue weighted by Crippen LogP contribution is 2.24. The van der Waals surface area contributed by atoms with Gasteiger partial charge < -0.3 is 15.4 Å². The number of aryl methyl sites for hydroxylation is 1. The Bertz CT molecular complexity index is 1040. The van der Waals surface area contributed by atoms with Crippen LogP contribution in [-0.2, 0) is 21.4 Å². The number of hydrogen-bond acceptors (Lipinski definition) is 3. The summed E-state index contributed by atoms with van der Waals surface area (Å²) in [7, 11) is 0. The minimum Gasteiger partial charge on any atom is -0.484 e. The number of rotatable bonds is 8. The van der Waals surface area contributed by atoms with Crippen LogP contribution in [0.25, 0.3) is 0 Å². The second kappa shape index (κ2) is 10.6. The number of hydrogen-bond donors (Lipinski definition) is 2. The second-order valence-corrected chi connectivity index (χ2v) is 8.73. The molecule has 0 saturated heterocycles. The lowest BCUT2D eigenvalue weighted by Crippen LogP contribution is -2.20. The minimum atomic E-state index is -0.266. The van der Waals surface area contributed by atoms with E-state index in [1.54, 1.807) is 24.3 Å². The van der Waals surface area contributed by atoms with Crippen molar-refractivity contribution in [3.8, 4) is 5.75 Å². The average Bonchev–Trinajstić information content (AvgIpc) is 2.77. The summed E-state index contributed by atoms with van der Waals surface area (Å²) in [5.74, 6) is 0.310. The smallest absolute Gasteiger partial charge is 0.262 e. The molecule has 0 unspecified atom stereocenters. The molecule has 0 spiro atoms. The molecule has 3 aromatic carbocycles. The number of amides is 2. The maximum absolute atomic E-state index is 12.3. The van der Waals surface area contributed by atoms with Crippen LogP contribution in [0.2, 0.25) is 0 Å². The van der Waals surface area contributed by atoms with E-state index in [-0.39, 0.29) is 23.8 Å². The first-order chi connectivity index (χ1) is 15.3. The maximum atomic E-state index is 12.3. The zero-order chi connectivity index (χ0) is 23.0. The normalized spacial score (nSPS) is 11.0. The third-order valence-electron chi connectivity index (χ3n) is 5.00. The molecular formula is C27H30N2O3. The van der Waals surface area contributed by atoms with E-state index in [0.717, 1.165) is 5.56 Å². The summed E-state index contributed by atoms with van der Waals surface area (Å²) in [5, 5.41) is 5.68. The van der Waals surface area contributed by atoms with Crippen LogP contribution in [0.15, 0.2) is 78.9 Å². The van der Waals surface area contributed by atoms with Crippen LogP contribution in [0.3, 0.4) is 0 Å². The topological polar surface area (TPSA) is 67.4 Å². The highest BCUT2D eigenvalue weighted by Gasteiger charge is 2.13. The monoisotopic (exact) mass is 430 g/mol. The SMILES string of the molecule is CC(C)(C)c1ccc(OCC(=O)Nc2cccc(NC(=O)CCc3ccccc3)c2)cc1. The summed E-state index contributed by atoms with van der Waals surface area (Å²) in [4.78, 5) is 24.5. The summed E-state index contributed by atoms with van der Waals surface area (Å²) >= 11 is 0. The molecule has 2 amide bonds. The predicted octanol–water partition coefficient (Wildman–Crippen LogP) is 5.57. The van der Waals surface area contributed by atoms with Gasteiger partial charge in [0, 0.05) is 17.8 Å². The molecule has 166 valence electrons. The third-order valence-corrected chi connectivity index (χ3v) is 5.00. The number of benzene rings is 3. The first-order valence-electron chi connectivity index (χ1n) is 10.8. The Morgan fingerprint density at radius 2 is 1.41 bits per heavy atom. The molecule has 0 heterocycles. The lowest BCUT2D eigenvalue weighted by Gasteiger charge is -2.19. The van der Waals surface area contributed by atoms with Crippen LogP contribution in [0.5, 0.6) is 5.75 Å². The summed E-state index contributed by atoms with van der Waals surface area (Å²) in [6, 6.07) is 24.7. The van der Waals surface area contributed by atoms with Gasteiger partial charge in [0.2, 0.25) is 5.91 Å². The molecule has 0 saturated carbocycles. The fourth-order valence-corrected chi connectivity index (χ4v) is 3.20. The van der Waals surface area contributed by atoms with Gasteiger partial charge in [-0.25, -0.2) is 0 Å². The highest BCUT2D eigenvalue weighted by molar-refractivity contribution is 5.94. The van der Waals surface area contributed by atoms with Crippen LogP contribution in [0, 0.1) is 0 Å². The fourth-order valence-electron chi connectivity index (χ4n) is 3.20. The van der Waals surface area contributed by atoms with Crippen LogP contribution in [-0.4, -0.2) is 18.4 Å². The molecule has 32 heavy (non-hydrogen) atoms. The molecule has 0 aliphatic rings. The quantitative estimate of drug-likeness (QED) is 0.491. The van der Waals surface area contributed by atoms with E-state index < -0.39 is 0 Å². The van der Waals surface area contributed by atoms with Crippen molar-refractivity contribution in [2.75, 3.05) is 17.2 Å². The van der Waals surface area contributed by atoms with Crippen molar-refractivity contribution in [1.29, 1.82) is 0 Å². The van der Waals surface area contributed by atoms with Gasteiger partial charge >= 0.3 is 0 Å². The Balaban J connectivity index is 1.47. The summed E-state index contributed by atoms with van der Waals surface area (Å²) in [5.41, 5.74) is 3.63. The van der Waals surface area contributed by atoms with E-state index in [9.17, 15) is 9.59 Å². The van der Waals surface area contributed by atoms with Crippen LogP contribution >= 0.6 is 0 Å². The van der Waals surface area contributed by atoms with Gasteiger partial charge in [0.15, 0.2) is 6.61 Å². The van der Waals surface area contributed by atoms with Gasteiger partial charge in [-0.2, -0.15) is 0 Å². The standard InChI is InChI=1S/C27H30N2O3/c1-27(2,3)21-13-15-24(16-14-21)32-19-26(31)29-23-11-7-10-22(18-23)28-25(30)17-12-20-8-5-4-6-9-20/h4-11,13-16,18H,12,17,19H2,1-3H3,(H,28,30)(H,29,31). The Morgan fingerprint density at radius 3 is 2.03 bits per heavy atom. The van der Waals surface area contributed by atoms with Crippen molar-refractivity contribution in [2.24, 2.45) is 0 Å². The zero-order valence-electron chi connectivity index (χ0n) is 18.9. The number of nitrogens with one attached hydrogen (secondary N) is 2. The van der Waals surface area contributed by atoms with Crippen molar-refractivity contribution >= 4 is 23.2 Å². The van der Waals surface area contributed by atoms with Gasteiger partial charge in [-0.1, -0.05) is 69.3 Å². The maximum Gasteiger partial charge on any atom is 0.262 e. The molecule has 5 heteroatoms. The van der Waals surface area contributed by atoms with Crippen LogP contribution in [0.1, 0.15) is 38.3 Å². The lowest BCUT2D eigenvalue weighted by molar-refractivity contribution is -0.118. The van der Waals surface area contributed by atoms with Crippen LogP contribution < -0.4 is 15.4 Å². The Hall–Kier alpha value is -3.60. The van der Waals surface area contributed by atoms with Gasteiger partial charge in [-0.05, 0) is 53.3 Å². The van der Waals surface area contributed by atoms with Gasteiger partial charge in [0.1, 0.15) is 5.75 Å². The highest BCUT2D eigenvalue weighted by atomic mass is 16.5. The Labute approximate surface area is 189 Å². The summed E-state index contributed by atoms with van der Waals surface area (Å²) < 4.78 is 5.59. The Kier molecular flexibility index (Phi) is 7.66. The molecule has 0 atom stereocenters. The fraction of sp³-hybridized carbons (Fsp3) is 0.259. The van der Waals surface area contributed by atoms with Gasteiger partial charge in [-0.3, -0.25) is 9.59 Å². The van der Waals surface area contributed by atoms with Crippen molar-refractivity contribution in [3.63, 3.8) is 0 Å². The molecular weight excluding hydrogens is 400 g/mol. The van der Waals surface area contributed by atoms with E-state index in [0.29, 0.717) is 30.0 Å². The first-order valence-corrected chi connectivity index (χ1v) is 10.8. The van der Waals surface area contributed by atoms with E-state index in [4.69, 9.17) is 4.74 Å². The summed E-state index contributed by atoms with van der Waals surface area (Å²) in [6.07, 6.45) is 1.07. The number of carbonyl (C=O) groups excluding carboxylic acids is 2. The molecule has 0 bridgehead atoms. The number of anilines is 2. The van der Waals surface area contributed by atoms with E-state index >= 15 is 0 Å². The zero-order valence-corrected chi connectivity index (χ0v) is 18.9. The molecule has 0 radical (unpaired) electrons. The van der Waals surface area contributed by atoms with E-state index in [1.165, 1.54) is 5.56 Å². The second-order valence-electron chi connectivity index (χ2n) is 8.73. The van der Waals surface area contributed by atoms with Gasteiger partial charge in [0.25, 0.3) is 5.91 Å².